The Kier molecular flexibility index (Phi) is 3.65. The van der Waals surface area contributed by atoms with Crippen LogP contribution in [0, 0.1) is 13.8 Å². The maximum atomic E-state index is 11.3. The van der Waals surface area contributed by atoms with Gasteiger partial charge in [0, 0.05) is 19.3 Å². The van der Waals surface area contributed by atoms with Crippen LogP contribution in [0.4, 0.5) is 5.69 Å². The molecule has 0 radical (unpaired) electrons. The largest absolute Gasteiger partial charge is 0.481 e. The van der Waals surface area contributed by atoms with Crippen molar-refractivity contribution in [1.82, 2.24) is 0 Å². The summed E-state index contributed by atoms with van der Waals surface area (Å²) >= 11 is 0. The van der Waals surface area contributed by atoms with Gasteiger partial charge in [-0.05, 0) is 54.2 Å². The van der Waals surface area contributed by atoms with Crippen molar-refractivity contribution in [2.45, 2.75) is 26.7 Å². The molecule has 1 aliphatic heterocycles. The van der Waals surface area contributed by atoms with Crippen molar-refractivity contribution in [2.24, 2.45) is 0 Å². The van der Waals surface area contributed by atoms with Crippen LogP contribution in [-0.4, -0.2) is 24.7 Å². The quantitative estimate of drug-likeness (QED) is 0.940. The summed E-state index contributed by atoms with van der Waals surface area (Å²) in [5, 5.41) is 9.30. The Morgan fingerprint density at radius 3 is 2.55 bits per heavy atom. The molecule has 3 rings (SSSR count). The second-order valence-corrected chi connectivity index (χ2v) is 6.15. The van der Waals surface area contributed by atoms with Gasteiger partial charge in [0.2, 0.25) is 0 Å². The Hall–Kier alpha value is -2.29. The van der Waals surface area contributed by atoms with Crippen LogP contribution in [0.3, 0.4) is 0 Å². The van der Waals surface area contributed by atoms with Gasteiger partial charge in [-0.3, -0.25) is 4.79 Å². The number of hydrogen-bond donors (Lipinski definition) is 1. The van der Waals surface area contributed by atoms with Gasteiger partial charge in [0.05, 0.1) is 6.42 Å². The molecule has 3 heteroatoms. The van der Waals surface area contributed by atoms with Crippen molar-refractivity contribution >= 4 is 11.7 Å². The molecule has 0 amide bonds. The topological polar surface area (TPSA) is 40.5 Å². The second-order valence-electron chi connectivity index (χ2n) is 6.15. The maximum Gasteiger partial charge on any atom is 0.307 e. The molecule has 2 aromatic carbocycles. The van der Waals surface area contributed by atoms with Gasteiger partial charge >= 0.3 is 5.97 Å². The third-order valence-corrected chi connectivity index (χ3v) is 4.52. The van der Waals surface area contributed by atoms with E-state index in [1.807, 2.05) is 6.92 Å². The monoisotopic (exact) mass is 295 g/mol. The first-order chi connectivity index (χ1) is 10.5. The van der Waals surface area contributed by atoms with Crippen LogP contribution < -0.4 is 4.90 Å². The van der Waals surface area contributed by atoms with Crippen LogP contribution in [0.15, 0.2) is 30.3 Å². The molecular formula is C19H21NO2. The number of nitrogens with zero attached hydrogens (tertiary/aromatic N) is 1. The highest BCUT2D eigenvalue weighted by Crippen LogP contribution is 2.40. The first-order valence-electron chi connectivity index (χ1n) is 7.62. The highest BCUT2D eigenvalue weighted by molar-refractivity contribution is 5.84. The molecule has 0 saturated carbocycles. The number of aryl methyl sites for hydroxylation is 2. The van der Waals surface area contributed by atoms with Crippen molar-refractivity contribution in [3.8, 4) is 11.1 Å². The van der Waals surface area contributed by atoms with Crippen LogP contribution >= 0.6 is 0 Å². The SMILES string of the molecule is Cc1ccc(-c2c(CC(=O)O)c(C)cc3c2CCN3C)cc1. The Morgan fingerprint density at radius 1 is 1.23 bits per heavy atom. The van der Waals surface area contributed by atoms with Gasteiger partial charge < -0.3 is 10.0 Å². The van der Waals surface area contributed by atoms with Crippen molar-refractivity contribution in [1.29, 1.82) is 0 Å². The number of likely N-dealkylation sites (N-methyl/N-ethyl adjacent to an activating group) is 1. The van der Waals surface area contributed by atoms with Crippen LogP contribution in [0.5, 0.6) is 0 Å². The highest BCUT2D eigenvalue weighted by Gasteiger charge is 2.24. The highest BCUT2D eigenvalue weighted by atomic mass is 16.4. The number of carboxylic acid groups (broad SMARTS) is 1. The van der Waals surface area contributed by atoms with Crippen molar-refractivity contribution in [2.75, 3.05) is 18.5 Å². The van der Waals surface area contributed by atoms with Gasteiger partial charge in [-0.15, -0.1) is 0 Å². The zero-order valence-electron chi connectivity index (χ0n) is 13.3. The van der Waals surface area contributed by atoms with Gasteiger partial charge in [-0.1, -0.05) is 29.8 Å². The first kappa shape index (κ1) is 14.6. The Morgan fingerprint density at radius 2 is 1.91 bits per heavy atom. The molecule has 0 atom stereocenters. The lowest BCUT2D eigenvalue weighted by Gasteiger charge is -2.19. The predicted octanol–water partition coefficient (Wildman–Crippen LogP) is 3.59. The molecule has 1 N–H and O–H groups in total. The zero-order valence-corrected chi connectivity index (χ0v) is 13.3. The van der Waals surface area contributed by atoms with Crippen molar-refractivity contribution in [3.63, 3.8) is 0 Å². The molecule has 0 bridgehead atoms. The van der Waals surface area contributed by atoms with E-state index < -0.39 is 5.97 Å². The number of carbonyl (C=O) groups is 1. The zero-order chi connectivity index (χ0) is 15.9. The minimum Gasteiger partial charge on any atom is -0.481 e. The van der Waals surface area contributed by atoms with Crippen LogP contribution in [0.1, 0.15) is 22.3 Å². The number of carboxylic acids is 1. The van der Waals surface area contributed by atoms with Crippen molar-refractivity contribution < 1.29 is 9.90 Å². The minimum atomic E-state index is -0.775. The summed E-state index contributed by atoms with van der Waals surface area (Å²) < 4.78 is 0. The smallest absolute Gasteiger partial charge is 0.307 e. The fraction of sp³-hybridized carbons (Fsp3) is 0.316. The van der Waals surface area contributed by atoms with Crippen molar-refractivity contribution in [3.05, 3.63) is 52.6 Å². The molecule has 3 nitrogen and oxygen atoms in total. The lowest BCUT2D eigenvalue weighted by molar-refractivity contribution is -0.136. The van der Waals surface area contributed by atoms with E-state index in [1.54, 1.807) is 0 Å². The molecule has 0 unspecified atom stereocenters. The lowest BCUT2D eigenvalue weighted by atomic mass is 9.88. The third kappa shape index (κ3) is 2.47. The molecular weight excluding hydrogens is 274 g/mol. The maximum absolute atomic E-state index is 11.3. The summed E-state index contributed by atoms with van der Waals surface area (Å²) in [6.07, 6.45) is 1.05. The summed E-state index contributed by atoms with van der Waals surface area (Å²) in [6, 6.07) is 10.5. The summed E-state index contributed by atoms with van der Waals surface area (Å²) in [4.78, 5) is 13.6. The Balaban J connectivity index is 2.26. The summed E-state index contributed by atoms with van der Waals surface area (Å²) in [6.45, 7) is 5.07. The fourth-order valence-electron chi connectivity index (χ4n) is 3.33. The van der Waals surface area contributed by atoms with E-state index in [1.165, 1.54) is 16.8 Å². The van der Waals surface area contributed by atoms with Gasteiger partial charge in [0.25, 0.3) is 0 Å². The van der Waals surface area contributed by atoms with Gasteiger partial charge in [0.1, 0.15) is 0 Å². The van der Waals surface area contributed by atoms with Gasteiger partial charge in [-0.2, -0.15) is 0 Å². The average Bonchev–Trinajstić information content (AvgIpc) is 2.82. The standard InChI is InChI=1S/C19H21NO2/c1-12-4-6-14(7-5-12)19-15-8-9-20(3)17(15)10-13(2)16(19)11-18(21)22/h4-7,10H,8-9,11H2,1-3H3,(H,21,22). The number of fused-ring (bicyclic) bond motifs is 1. The van der Waals surface area contributed by atoms with Crippen LogP contribution in [0.2, 0.25) is 0 Å². The molecule has 0 fully saturated rings. The second kappa shape index (κ2) is 5.48. The molecule has 2 aromatic rings. The normalized spacial score (nSPS) is 13.3. The van der Waals surface area contributed by atoms with Crippen LogP contribution in [-0.2, 0) is 17.6 Å². The van der Waals surface area contributed by atoms with E-state index in [4.69, 9.17) is 0 Å². The lowest BCUT2D eigenvalue weighted by Crippen LogP contribution is -2.13. The van der Waals surface area contributed by atoms with Crippen LogP contribution in [0.25, 0.3) is 11.1 Å². The molecule has 0 aromatic heterocycles. The Labute approximate surface area is 131 Å². The summed E-state index contributed by atoms with van der Waals surface area (Å²) in [5.41, 5.74) is 8.00. The Bertz CT molecular complexity index is 732. The number of aliphatic carboxylic acids is 1. The van der Waals surface area contributed by atoms with Gasteiger partial charge in [-0.25, -0.2) is 0 Å². The van der Waals surface area contributed by atoms with E-state index in [2.05, 4.69) is 49.2 Å². The summed E-state index contributed by atoms with van der Waals surface area (Å²) in [5.74, 6) is -0.775. The fourth-order valence-corrected chi connectivity index (χ4v) is 3.33. The molecule has 0 saturated heterocycles. The average molecular weight is 295 g/mol. The first-order valence-corrected chi connectivity index (χ1v) is 7.62. The van der Waals surface area contributed by atoms with E-state index in [-0.39, 0.29) is 6.42 Å². The number of benzene rings is 2. The van der Waals surface area contributed by atoms with E-state index in [9.17, 15) is 9.90 Å². The number of rotatable bonds is 3. The van der Waals surface area contributed by atoms with E-state index in [0.717, 1.165) is 35.2 Å². The molecule has 1 aliphatic rings. The molecule has 114 valence electrons. The summed E-state index contributed by atoms with van der Waals surface area (Å²) in [7, 11) is 2.10. The molecule has 0 aliphatic carbocycles. The number of anilines is 1. The van der Waals surface area contributed by atoms with E-state index in [0.29, 0.717) is 0 Å². The third-order valence-electron chi connectivity index (χ3n) is 4.52. The predicted molar refractivity (Wildman–Crippen MR) is 89.7 cm³/mol. The molecule has 1 heterocycles. The molecule has 0 spiro atoms. The minimum absolute atomic E-state index is 0.0754. The van der Waals surface area contributed by atoms with Gasteiger partial charge in [0.15, 0.2) is 0 Å². The number of hydrogen-bond acceptors (Lipinski definition) is 2. The van der Waals surface area contributed by atoms with E-state index >= 15 is 0 Å². The molecule has 22 heavy (non-hydrogen) atoms.